The third-order valence-corrected chi connectivity index (χ3v) is 7.43. The number of carbonyl (C=O) groups excluding carboxylic acids is 1. The minimum absolute atomic E-state index is 0.0571. The number of nitrogens with one attached hydrogen (secondary N) is 2. The predicted molar refractivity (Wildman–Crippen MR) is 143 cm³/mol. The topological polar surface area (TPSA) is 97.8 Å². The van der Waals surface area contributed by atoms with Gasteiger partial charge < -0.3 is 29.7 Å². The van der Waals surface area contributed by atoms with Crippen LogP contribution >= 0.6 is 0 Å². The Balaban J connectivity index is 1.25. The molecule has 0 saturated carbocycles. The molecule has 3 aromatic rings. The fourth-order valence-corrected chi connectivity index (χ4v) is 5.28. The average molecular weight is 506 g/mol. The number of anilines is 2. The van der Waals surface area contributed by atoms with Gasteiger partial charge in [-0.25, -0.2) is 9.97 Å². The number of amides is 1. The fourth-order valence-electron chi connectivity index (χ4n) is 5.28. The van der Waals surface area contributed by atoms with E-state index >= 15 is 0 Å². The molecule has 2 saturated heterocycles. The summed E-state index contributed by atoms with van der Waals surface area (Å²) in [6.07, 6.45) is 4.25. The van der Waals surface area contributed by atoms with Gasteiger partial charge in [-0.15, -0.1) is 0 Å². The summed E-state index contributed by atoms with van der Waals surface area (Å²) in [6, 6.07) is 12.7. The van der Waals surface area contributed by atoms with Crippen LogP contribution in [-0.2, 0) is 9.47 Å². The number of rotatable bonds is 7. The van der Waals surface area contributed by atoms with Gasteiger partial charge in [0, 0.05) is 61.6 Å². The number of ether oxygens (including phenoxy) is 3. The van der Waals surface area contributed by atoms with Gasteiger partial charge in [0.05, 0.1) is 19.8 Å². The Bertz CT molecular complexity index is 1240. The van der Waals surface area contributed by atoms with Gasteiger partial charge in [0.2, 0.25) is 0 Å². The summed E-state index contributed by atoms with van der Waals surface area (Å²) in [7, 11) is 3.40. The Morgan fingerprint density at radius 3 is 2.70 bits per heavy atom. The molecular weight excluding hydrogens is 470 g/mol. The molecule has 1 amide bonds. The van der Waals surface area contributed by atoms with Crippen molar-refractivity contribution < 1.29 is 19.0 Å². The Kier molecular flexibility index (Phi) is 7.83. The van der Waals surface area contributed by atoms with Gasteiger partial charge in [-0.05, 0) is 37.6 Å². The Hall–Kier alpha value is -3.27. The van der Waals surface area contributed by atoms with Crippen LogP contribution in [0.15, 0.2) is 42.7 Å². The molecule has 2 aromatic carbocycles. The molecule has 2 aliphatic heterocycles. The minimum atomic E-state index is -0.0571. The molecular formula is C28H35N5O4. The van der Waals surface area contributed by atoms with Gasteiger partial charge in [0.1, 0.15) is 23.6 Å². The SMILES string of the molecule is COc1cc(Nc2ncnc(C(=O)N3CCC(NC4CCOCC4OC)CC3)c2C)cc2ccccc12. The molecule has 0 radical (unpaired) electrons. The van der Waals surface area contributed by atoms with Crippen LogP contribution in [0.25, 0.3) is 10.8 Å². The molecule has 0 bridgehead atoms. The maximum absolute atomic E-state index is 13.4. The van der Waals surface area contributed by atoms with Crippen LogP contribution in [0.5, 0.6) is 5.75 Å². The molecule has 5 rings (SSSR count). The minimum Gasteiger partial charge on any atom is -0.496 e. The van der Waals surface area contributed by atoms with Gasteiger partial charge in [-0.1, -0.05) is 24.3 Å². The molecule has 2 unspecified atom stereocenters. The molecule has 0 spiro atoms. The van der Waals surface area contributed by atoms with Gasteiger partial charge in [0.25, 0.3) is 5.91 Å². The van der Waals surface area contributed by atoms with E-state index in [1.165, 1.54) is 6.33 Å². The number of aromatic nitrogens is 2. The molecule has 9 heteroatoms. The standard InChI is InChI=1S/C28H35N5O4/c1-18-26(28(34)33-11-8-20(9-12-33)31-23-10-13-37-16-25(23)36-3)29-17-30-27(18)32-21-14-19-6-4-5-7-22(19)24(15-21)35-2/h4-7,14-15,17,20,23,25,31H,8-13,16H2,1-3H3,(H,29,30,32). The lowest BCUT2D eigenvalue weighted by molar-refractivity contribution is -0.0533. The molecule has 1 aromatic heterocycles. The van der Waals surface area contributed by atoms with E-state index in [0.717, 1.165) is 53.6 Å². The van der Waals surface area contributed by atoms with Crippen molar-refractivity contribution in [2.75, 3.05) is 45.8 Å². The first-order chi connectivity index (χ1) is 18.1. The number of likely N-dealkylation sites (tertiary alicyclic amines) is 1. The van der Waals surface area contributed by atoms with Crippen LogP contribution < -0.4 is 15.4 Å². The Morgan fingerprint density at radius 1 is 1.11 bits per heavy atom. The summed E-state index contributed by atoms with van der Waals surface area (Å²) < 4.78 is 16.7. The molecule has 9 nitrogen and oxygen atoms in total. The van der Waals surface area contributed by atoms with E-state index in [1.54, 1.807) is 14.2 Å². The van der Waals surface area contributed by atoms with Gasteiger partial charge in [0.15, 0.2) is 0 Å². The van der Waals surface area contributed by atoms with E-state index in [4.69, 9.17) is 14.2 Å². The summed E-state index contributed by atoms with van der Waals surface area (Å²) in [5.41, 5.74) is 2.00. The van der Waals surface area contributed by atoms with E-state index in [1.807, 2.05) is 48.2 Å². The highest BCUT2D eigenvalue weighted by molar-refractivity contribution is 5.95. The Morgan fingerprint density at radius 2 is 1.92 bits per heavy atom. The number of methoxy groups -OCH3 is 2. The second kappa shape index (κ2) is 11.4. The summed E-state index contributed by atoms with van der Waals surface area (Å²) in [4.78, 5) is 24.1. The number of benzene rings is 2. The highest BCUT2D eigenvalue weighted by Crippen LogP contribution is 2.32. The monoisotopic (exact) mass is 505 g/mol. The number of hydrogen-bond donors (Lipinski definition) is 2. The van der Waals surface area contributed by atoms with Crippen molar-refractivity contribution >= 4 is 28.2 Å². The first kappa shape index (κ1) is 25.4. The van der Waals surface area contributed by atoms with Crippen LogP contribution in [0.2, 0.25) is 0 Å². The molecule has 37 heavy (non-hydrogen) atoms. The van der Waals surface area contributed by atoms with Crippen molar-refractivity contribution in [2.24, 2.45) is 0 Å². The zero-order chi connectivity index (χ0) is 25.8. The van der Waals surface area contributed by atoms with E-state index in [0.29, 0.717) is 37.3 Å². The maximum atomic E-state index is 13.4. The molecule has 2 N–H and O–H groups in total. The van der Waals surface area contributed by atoms with Gasteiger partial charge in [-0.3, -0.25) is 4.79 Å². The lowest BCUT2D eigenvalue weighted by Crippen LogP contribution is -2.54. The van der Waals surface area contributed by atoms with Crippen LogP contribution in [0, 0.1) is 6.92 Å². The van der Waals surface area contributed by atoms with Crippen LogP contribution in [-0.4, -0.2) is 79.5 Å². The molecule has 196 valence electrons. The molecule has 2 atom stereocenters. The third-order valence-electron chi connectivity index (χ3n) is 7.43. The van der Waals surface area contributed by atoms with E-state index in [-0.39, 0.29) is 18.1 Å². The second-order valence-electron chi connectivity index (χ2n) is 9.70. The van der Waals surface area contributed by atoms with Crippen molar-refractivity contribution in [1.82, 2.24) is 20.2 Å². The number of carbonyl (C=O) groups is 1. The van der Waals surface area contributed by atoms with Gasteiger partial charge >= 0.3 is 0 Å². The number of piperidine rings is 1. The highest BCUT2D eigenvalue weighted by Gasteiger charge is 2.31. The van der Waals surface area contributed by atoms with E-state index in [9.17, 15) is 4.79 Å². The van der Waals surface area contributed by atoms with E-state index in [2.05, 4.69) is 20.6 Å². The number of fused-ring (bicyclic) bond motifs is 1. The fraction of sp³-hybridized carbons (Fsp3) is 0.464. The van der Waals surface area contributed by atoms with Crippen LogP contribution in [0.1, 0.15) is 35.3 Å². The van der Waals surface area contributed by atoms with Crippen molar-refractivity contribution in [1.29, 1.82) is 0 Å². The lowest BCUT2D eigenvalue weighted by Gasteiger charge is -2.38. The lowest BCUT2D eigenvalue weighted by atomic mass is 9.99. The Labute approximate surface area is 217 Å². The summed E-state index contributed by atoms with van der Waals surface area (Å²) in [5.74, 6) is 1.33. The van der Waals surface area contributed by atoms with Crippen molar-refractivity contribution in [3.8, 4) is 5.75 Å². The van der Waals surface area contributed by atoms with Gasteiger partial charge in [-0.2, -0.15) is 0 Å². The number of nitrogens with zero attached hydrogens (tertiary/aromatic N) is 3. The first-order valence-corrected chi connectivity index (χ1v) is 12.9. The average Bonchev–Trinajstić information content (AvgIpc) is 2.94. The third kappa shape index (κ3) is 5.53. The molecule has 3 heterocycles. The summed E-state index contributed by atoms with van der Waals surface area (Å²) in [6.45, 7) is 4.64. The van der Waals surface area contributed by atoms with Crippen LogP contribution in [0.4, 0.5) is 11.5 Å². The summed E-state index contributed by atoms with van der Waals surface area (Å²) in [5, 5.41) is 9.20. The highest BCUT2D eigenvalue weighted by atomic mass is 16.5. The quantitative estimate of drug-likeness (QED) is 0.502. The predicted octanol–water partition coefficient (Wildman–Crippen LogP) is 3.69. The van der Waals surface area contributed by atoms with Crippen LogP contribution in [0.3, 0.4) is 0 Å². The van der Waals surface area contributed by atoms with Crippen molar-refractivity contribution in [3.05, 3.63) is 54.0 Å². The molecule has 0 aliphatic carbocycles. The molecule has 2 fully saturated rings. The summed E-state index contributed by atoms with van der Waals surface area (Å²) >= 11 is 0. The first-order valence-electron chi connectivity index (χ1n) is 12.9. The largest absolute Gasteiger partial charge is 0.496 e. The van der Waals surface area contributed by atoms with Crippen molar-refractivity contribution in [3.63, 3.8) is 0 Å². The number of hydrogen-bond acceptors (Lipinski definition) is 8. The molecule has 2 aliphatic rings. The van der Waals surface area contributed by atoms with Crippen molar-refractivity contribution in [2.45, 2.75) is 44.4 Å². The zero-order valence-corrected chi connectivity index (χ0v) is 21.7. The normalized spacial score (nSPS) is 20.7. The zero-order valence-electron chi connectivity index (χ0n) is 21.7. The smallest absolute Gasteiger partial charge is 0.272 e. The second-order valence-corrected chi connectivity index (χ2v) is 9.70. The maximum Gasteiger partial charge on any atom is 0.272 e. The van der Waals surface area contributed by atoms with E-state index < -0.39 is 0 Å².